The zero-order valence-corrected chi connectivity index (χ0v) is 15.5. The minimum atomic E-state index is -0.546. The highest BCUT2D eigenvalue weighted by atomic mass is 35.5. The van der Waals surface area contributed by atoms with Crippen molar-refractivity contribution in [2.45, 2.75) is 20.8 Å². The molecule has 0 aromatic heterocycles. The Labute approximate surface area is 156 Å². The highest BCUT2D eigenvalue weighted by Crippen LogP contribution is 2.31. The molecule has 25 heavy (non-hydrogen) atoms. The normalized spacial score (nSPS) is 14.5. The number of carbonyl (C=O) groups is 2. The van der Waals surface area contributed by atoms with E-state index in [9.17, 15) is 9.59 Å². The second-order valence-corrected chi connectivity index (χ2v) is 6.78. The summed E-state index contributed by atoms with van der Waals surface area (Å²) in [6, 6.07) is 10.7. The summed E-state index contributed by atoms with van der Waals surface area (Å²) >= 11 is 12.2. The first-order valence-electron chi connectivity index (χ1n) is 7.68. The predicted molar refractivity (Wildman–Crippen MR) is 101 cm³/mol. The number of carbonyl (C=O) groups excluding carboxylic acids is 2. The van der Waals surface area contributed by atoms with Crippen LogP contribution in [-0.4, -0.2) is 11.8 Å². The quantitative estimate of drug-likeness (QED) is 0.791. The van der Waals surface area contributed by atoms with E-state index in [0.717, 1.165) is 21.6 Å². The van der Waals surface area contributed by atoms with Gasteiger partial charge in [-0.3, -0.25) is 9.59 Å². The highest BCUT2D eigenvalue weighted by molar-refractivity contribution is 6.53. The van der Waals surface area contributed by atoms with Gasteiger partial charge in [-0.2, -0.15) is 0 Å². The number of nitrogens with zero attached hydrogens (tertiary/aromatic N) is 1. The molecule has 1 aliphatic rings. The second kappa shape index (κ2) is 6.54. The summed E-state index contributed by atoms with van der Waals surface area (Å²) in [5, 5.41) is 3.34. The SMILES string of the molecule is Cc1ccc(N2C(=O)C(Cl)=C(Nc3ccc(C)c(Cl)c3)C2=O)cc1C. The first-order valence-corrected chi connectivity index (χ1v) is 8.44. The van der Waals surface area contributed by atoms with Gasteiger partial charge in [-0.05, 0) is 61.7 Å². The lowest BCUT2D eigenvalue weighted by Gasteiger charge is -2.16. The maximum Gasteiger partial charge on any atom is 0.283 e. The molecule has 1 N–H and O–H groups in total. The molecular formula is C19H16Cl2N2O2. The van der Waals surface area contributed by atoms with Crippen molar-refractivity contribution in [2.24, 2.45) is 0 Å². The minimum absolute atomic E-state index is 0.0461. The lowest BCUT2D eigenvalue weighted by Crippen LogP contribution is -2.32. The second-order valence-electron chi connectivity index (χ2n) is 5.99. The molecule has 1 heterocycles. The first kappa shape index (κ1) is 17.5. The van der Waals surface area contributed by atoms with Crippen molar-refractivity contribution in [3.63, 3.8) is 0 Å². The summed E-state index contributed by atoms with van der Waals surface area (Å²) in [4.78, 5) is 26.3. The average molecular weight is 375 g/mol. The van der Waals surface area contributed by atoms with E-state index in [1.54, 1.807) is 24.3 Å². The molecule has 2 aromatic rings. The van der Waals surface area contributed by atoms with Crippen molar-refractivity contribution in [1.29, 1.82) is 0 Å². The van der Waals surface area contributed by atoms with Crippen LogP contribution in [0.15, 0.2) is 47.1 Å². The molecule has 0 fully saturated rings. The molecule has 0 bridgehead atoms. The lowest BCUT2D eigenvalue weighted by atomic mass is 10.1. The molecule has 2 aromatic carbocycles. The third-order valence-electron chi connectivity index (χ3n) is 4.22. The Morgan fingerprint density at radius 1 is 0.840 bits per heavy atom. The monoisotopic (exact) mass is 374 g/mol. The van der Waals surface area contributed by atoms with Crippen molar-refractivity contribution in [3.05, 3.63) is 68.8 Å². The number of halogens is 2. The van der Waals surface area contributed by atoms with Crippen LogP contribution >= 0.6 is 23.2 Å². The number of rotatable bonds is 3. The largest absolute Gasteiger partial charge is 0.350 e. The van der Waals surface area contributed by atoms with Crippen molar-refractivity contribution < 1.29 is 9.59 Å². The summed E-state index contributed by atoms with van der Waals surface area (Å²) in [7, 11) is 0. The lowest BCUT2D eigenvalue weighted by molar-refractivity contribution is -0.120. The first-order chi connectivity index (χ1) is 11.8. The topological polar surface area (TPSA) is 49.4 Å². The molecule has 0 unspecified atom stereocenters. The molecule has 0 spiro atoms. The maximum absolute atomic E-state index is 12.7. The molecule has 4 nitrogen and oxygen atoms in total. The van der Waals surface area contributed by atoms with Crippen LogP contribution in [0.25, 0.3) is 0 Å². The molecule has 1 aliphatic heterocycles. The van der Waals surface area contributed by atoms with Crippen molar-refractivity contribution >= 4 is 46.4 Å². The smallest absolute Gasteiger partial charge is 0.283 e. The van der Waals surface area contributed by atoms with Crippen LogP contribution in [-0.2, 0) is 9.59 Å². The van der Waals surface area contributed by atoms with Gasteiger partial charge in [0.05, 0.1) is 5.69 Å². The summed E-state index contributed by atoms with van der Waals surface area (Å²) in [6.07, 6.45) is 0. The van der Waals surface area contributed by atoms with Crippen LogP contribution in [0.2, 0.25) is 5.02 Å². The molecule has 2 amide bonds. The molecule has 0 atom stereocenters. The van der Waals surface area contributed by atoms with E-state index in [0.29, 0.717) is 16.4 Å². The average Bonchev–Trinajstić information content (AvgIpc) is 2.77. The van der Waals surface area contributed by atoms with Crippen LogP contribution in [0.3, 0.4) is 0 Å². The van der Waals surface area contributed by atoms with Crippen LogP contribution in [0, 0.1) is 20.8 Å². The van der Waals surface area contributed by atoms with Gasteiger partial charge in [-0.15, -0.1) is 0 Å². The molecule has 0 radical (unpaired) electrons. The van der Waals surface area contributed by atoms with Crippen LogP contribution in [0.5, 0.6) is 0 Å². The van der Waals surface area contributed by atoms with Gasteiger partial charge in [0.15, 0.2) is 0 Å². The van der Waals surface area contributed by atoms with Gasteiger partial charge in [0, 0.05) is 10.7 Å². The predicted octanol–water partition coefficient (Wildman–Crippen LogP) is 4.70. The van der Waals surface area contributed by atoms with E-state index < -0.39 is 11.8 Å². The summed E-state index contributed by atoms with van der Waals surface area (Å²) in [5.41, 5.74) is 4.11. The van der Waals surface area contributed by atoms with Crippen LogP contribution < -0.4 is 10.2 Å². The maximum atomic E-state index is 12.7. The fourth-order valence-electron chi connectivity index (χ4n) is 2.53. The Morgan fingerprint density at radius 2 is 1.52 bits per heavy atom. The van der Waals surface area contributed by atoms with E-state index in [1.807, 2.05) is 32.9 Å². The standard InChI is InChI=1S/C19H16Cl2N2O2/c1-10-5-7-14(8-12(10)3)23-18(24)16(21)17(19(23)25)22-13-6-4-11(2)15(20)9-13/h4-9,22H,1-3H3. The number of hydrogen-bond donors (Lipinski definition) is 1. The zero-order chi connectivity index (χ0) is 18.3. The fourth-order valence-corrected chi connectivity index (χ4v) is 2.92. The Bertz CT molecular complexity index is 935. The molecule has 3 rings (SSSR count). The van der Waals surface area contributed by atoms with Gasteiger partial charge in [0.1, 0.15) is 10.7 Å². The van der Waals surface area contributed by atoms with E-state index >= 15 is 0 Å². The zero-order valence-electron chi connectivity index (χ0n) is 14.0. The molecule has 128 valence electrons. The van der Waals surface area contributed by atoms with Crippen LogP contribution in [0.1, 0.15) is 16.7 Å². The summed E-state index contributed by atoms with van der Waals surface area (Å²) in [5.74, 6) is -1.04. The Hall–Kier alpha value is -2.30. The molecule has 0 saturated heterocycles. The Kier molecular flexibility index (Phi) is 4.58. The number of amides is 2. The van der Waals surface area contributed by atoms with Gasteiger partial charge in [-0.1, -0.05) is 35.3 Å². The fraction of sp³-hybridized carbons (Fsp3) is 0.158. The number of imide groups is 1. The number of benzene rings is 2. The van der Waals surface area contributed by atoms with Gasteiger partial charge in [-0.25, -0.2) is 4.90 Å². The number of nitrogens with one attached hydrogen (secondary N) is 1. The van der Waals surface area contributed by atoms with Crippen molar-refractivity contribution in [3.8, 4) is 0 Å². The molecule has 0 aliphatic carbocycles. The summed E-state index contributed by atoms with van der Waals surface area (Å²) in [6.45, 7) is 5.77. The van der Waals surface area contributed by atoms with Gasteiger partial charge >= 0.3 is 0 Å². The third kappa shape index (κ3) is 3.15. The molecular weight excluding hydrogens is 359 g/mol. The molecule has 6 heteroatoms. The number of aryl methyl sites for hydroxylation is 3. The third-order valence-corrected chi connectivity index (χ3v) is 4.98. The van der Waals surface area contributed by atoms with E-state index in [-0.39, 0.29) is 10.7 Å². The highest BCUT2D eigenvalue weighted by Gasteiger charge is 2.39. The Morgan fingerprint density at radius 3 is 2.16 bits per heavy atom. The van der Waals surface area contributed by atoms with E-state index in [4.69, 9.17) is 23.2 Å². The van der Waals surface area contributed by atoms with Crippen molar-refractivity contribution in [2.75, 3.05) is 10.2 Å². The van der Waals surface area contributed by atoms with Gasteiger partial charge in [0.2, 0.25) is 0 Å². The molecule has 0 saturated carbocycles. The van der Waals surface area contributed by atoms with Crippen LogP contribution in [0.4, 0.5) is 11.4 Å². The van der Waals surface area contributed by atoms with E-state index in [2.05, 4.69) is 5.32 Å². The van der Waals surface area contributed by atoms with Crippen molar-refractivity contribution in [1.82, 2.24) is 0 Å². The minimum Gasteiger partial charge on any atom is -0.350 e. The number of anilines is 2. The summed E-state index contributed by atoms with van der Waals surface area (Å²) < 4.78 is 0. The van der Waals surface area contributed by atoms with E-state index in [1.165, 1.54) is 0 Å². The Balaban J connectivity index is 1.93. The van der Waals surface area contributed by atoms with Gasteiger partial charge < -0.3 is 5.32 Å². The van der Waals surface area contributed by atoms with Gasteiger partial charge in [0.25, 0.3) is 11.8 Å². The number of hydrogen-bond acceptors (Lipinski definition) is 3.